The molecular formula is C29H46O4Si. The predicted octanol–water partition coefficient (Wildman–Crippen LogP) is 7.69. The number of hydrogen-bond acceptors (Lipinski definition) is 4. The highest BCUT2D eigenvalue weighted by atomic mass is 28.4. The van der Waals surface area contributed by atoms with Crippen molar-refractivity contribution in [1.29, 1.82) is 0 Å². The zero-order valence-corrected chi connectivity index (χ0v) is 23.5. The molecule has 4 fully saturated rings. The highest BCUT2D eigenvalue weighted by molar-refractivity contribution is 6.74. The molecule has 0 saturated heterocycles. The van der Waals surface area contributed by atoms with Crippen LogP contribution < -0.4 is 9.47 Å². The van der Waals surface area contributed by atoms with Gasteiger partial charge in [-0.25, -0.2) is 0 Å². The fraction of sp³-hybridized carbons (Fsp3) is 0.724. The Bertz CT molecular complexity index is 853. The summed E-state index contributed by atoms with van der Waals surface area (Å²) in [6.07, 6.45) is 7.73. The summed E-state index contributed by atoms with van der Waals surface area (Å²) in [5, 5.41) is 0.233. The van der Waals surface area contributed by atoms with Crippen molar-refractivity contribution in [2.75, 3.05) is 26.9 Å². The van der Waals surface area contributed by atoms with Crippen LogP contribution in [0.2, 0.25) is 18.1 Å². The molecule has 1 aromatic carbocycles. The Hall–Kier alpha value is -1.46. The molecule has 0 N–H and O–H groups in total. The van der Waals surface area contributed by atoms with Gasteiger partial charge in [-0.3, -0.25) is 0 Å². The smallest absolute Gasteiger partial charge is 0.191 e. The number of rotatable bonds is 10. The molecule has 1 aromatic rings. The van der Waals surface area contributed by atoms with Gasteiger partial charge in [-0.1, -0.05) is 20.8 Å². The Kier molecular flexibility index (Phi) is 7.73. The lowest BCUT2D eigenvalue weighted by molar-refractivity contribution is 0.0668. The van der Waals surface area contributed by atoms with Crippen LogP contribution in [0.4, 0.5) is 0 Å². The summed E-state index contributed by atoms with van der Waals surface area (Å²) in [4.78, 5) is 0. The van der Waals surface area contributed by atoms with Crippen LogP contribution in [0.1, 0.15) is 71.8 Å². The van der Waals surface area contributed by atoms with Crippen molar-refractivity contribution in [3.8, 4) is 11.5 Å². The van der Waals surface area contributed by atoms with Crippen molar-refractivity contribution in [1.82, 2.24) is 0 Å². The standard InChI is InChI=1S/C29H46O4Si/c1-8-31-28(27-22-13-20-12-21(15-22)16-23(27)14-20)24-17-25(30-5)19-26(18-24)32-10-9-11-33-34(6,7)29(2,3)4/h17-23H,8-16H2,1-7H3. The lowest BCUT2D eigenvalue weighted by atomic mass is 9.54. The van der Waals surface area contributed by atoms with Crippen LogP contribution in [0.5, 0.6) is 11.5 Å². The van der Waals surface area contributed by atoms with Crippen molar-refractivity contribution < 1.29 is 18.6 Å². The van der Waals surface area contributed by atoms with Gasteiger partial charge in [0.15, 0.2) is 8.32 Å². The van der Waals surface area contributed by atoms with Crippen LogP contribution >= 0.6 is 0 Å². The Morgan fingerprint density at radius 2 is 1.53 bits per heavy atom. The van der Waals surface area contributed by atoms with Crippen molar-refractivity contribution in [3.63, 3.8) is 0 Å². The van der Waals surface area contributed by atoms with Crippen molar-refractivity contribution in [2.45, 2.75) is 84.4 Å². The van der Waals surface area contributed by atoms with E-state index in [0.29, 0.717) is 25.0 Å². The quantitative estimate of drug-likeness (QED) is 0.193. The number of methoxy groups -OCH3 is 1. The normalized spacial score (nSPS) is 26.0. The van der Waals surface area contributed by atoms with Gasteiger partial charge in [-0.15, -0.1) is 0 Å². The molecule has 4 nitrogen and oxygen atoms in total. The minimum absolute atomic E-state index is 0.233. The molecule has 0 atom stereocenters. The van der Waals surface area contributed by atoms with Gasteiger partial charge in [0.05, 0.1) is 20.3 Å². The minimum Gasteiger partial charge on any atom is -0.497 e. The van der Waals surface area contributed by atoms with E-state index < -0.39 is 8.32 Å². The molecule has 0 heterocycles. The monoisotopic (exact) mass is 486 g/mol. The second-order valence-corrected chi connectivity index (χ2v) is 17.0. The zero-order valence-electron chi connectivity index (χ0n) is 22.5. The molecule has 0 aromatic heterocycles. The van der Waals surface area contributed by atoms with Crippen LogP contribution in [0.3, 0.4) is 0 Å². The van der Waals surface area contributed by atoms with Crippen molar-refractivity contribution in [3.05, 3.63) is 29.3 Å². The highest BCUT2D eigenvalue weighted by Crippen LogP contribution is 2.58. The molecular weight excluding hydrogens is 440 g/mol. The summed E-state index contributed by atoms with van der Waals surface area (Å²) in [6.45, 7) is 15.6. The van der Waals surface area contributed by atoms with Crippen LogP contribution in [-0.2, 0) is 9.16 Å². The highest BCUT2D eigenvalue weighted by Gasteiger charge is 2.46. The van der Waals surface area contributed by atoms with Crippen LogP contribution in [0.25, 0.3) is 5.76 Å². The first-order chi connectivity index (χ1) is 16.1. The Balaban J connectivity index is 1.48. The van der Waals surface area contributed by atoms with E-state index in [1.165, 1.54) is 32.1 Å². The first-order valence-electron chi connectivity index (χ1n) is 13.4. The largest absolute Gasteiger partial charge is 0.497 e. The van der Waals surface area contributed by atoms with Crippen LogP contribution in [-0.4, -0.2) is 35.2 Å². The van der Waals surface area contributed by atoms with Gasteiger partial charge >= 0.3 is 0 Å². The van der Waals surface area contributed by atoms with Gasteiger partial charge in [-0.2, -0.15) is 0 Å². The summed E-state index contributed by atoms with van der Waals surface area (Å²) in [6, 6.07) is 6.26. The Morgan fingerprint density at radius 1 is 0.912 bits per heavy atom. The van der Waals surface area contributed by atoms with E-state index in [1.54, 1.807) is 12.7 Å². The molecule has 5 heteroatoms. The summed E-state index contributed by atoms with van der Waals surface area (Å²) < 4.78 is 24.5. The lowest BCUT2D eigenvalue weighted by Crippen LogP contribution is -2.41. The fourth-order valence-corrected chi connectivity index (χ4v) is 7.32. The molecule has 0 unspecified atom stereocenters. The van der Waals surface area contributed by atoms with E-state index in [-0.39, 0.29) is 5.04 Å². The predicted molar refractivity (Wildman–Crippen MR) is 142 cm³/mol. The van der Waals surface area contributed by atoms with Gasteiger partial charge in [0.2, 0.25) is 0 Å². The fourth-order valence-electron chi connectivity index (χ4n) is 6.24. The summed E-state index contributed by atoms with van der Waals surface area (Å²) >= 11 is 0. The SMILES string of the molecule is CCOC(=C1C2CC3CC(C2)CC1C3)c1cc(OC)cc(OCCCO[Si](C)(C)C(C)(C)C)c1. The molecule has 4 aliphatic carbocycles. The summed E-state index contributed by atoms with van der Waals surface area (Å²) in [5.41, 5.74) is 2.69. The van der Waals surface area contributed by atoms with Gasteiger partial charge in [0.25, 0.3) is 0 Å². The number of hydrogen-bond donors (Lipinski definition) is 0. The molecule has 4 aliphatic rings. The topological polar surface area (TPSA) is 36.9 Å². The summed E-state index contributed by atoms with van der Waals surface area (Å²) in [5.74, 6) is 6.04. The van der Waals surface area contributed by atoms with E-state index in [9.17, 15) is 0 Å². The molecule has 4 bridgehead atoms. The third kappa shape index (κ3) is 5.51. The molecule has 4 saturated carbocycles. The lowest BCUT2D eigenvalue weighted by Gasteiger charge is -2.51. The molecule has 0 spiro atoms. The minimum atomic E-state index is -1.71. The first-order valence-corrected chi connectivity index (χ1v) is 16.3. The van der Waals surface area contributed by atoms with E-state index >= 15 is 0 Å². The van der Waals surface area contributed by atoms with Crippen LogP contribution in [0.15, 0.2) is 23.8 Å². The molecule has 0 amide bonds. The maximum atomic E-state index is 6.37. The first kappa shape index (κ1) is 25.6. The Morgan fingerprint density at radius 3 is 2.09 bits per heavy atom. The maximum absolute atomic E-state index is 6.37. The molecule has 0 radical (unpaired) electrons. The zero-order chi connectivity index (χ0) is 24.5. The average Bonchev–Trinajstić information content (AvgIpc) is 2.76. The average molecular weight is 487 g/mol. The van der Waals surface area contributed by atoms with E-state index in [2.05, 4.69) is 52.9 Å². The second-order valence-electron chi connectivity index (χ2n) is 12.2. The van der Waals surface area contributed by atoms with Crippen molar-refractivity contribution in [2.24, 2.45) is 23.7 Å². The number of ether oxygens (including phenoxy) is 3. The van der Waals surface area contributed by atoms with Crippen LogP contribution in [0, 0.1) is 23.7 Å². The van der Waals surface area contributed by atoms with E-state index in [4.69, 9.17) is 18.6 Å². The third-order valence-electron chi connectivity index (χ3n) is 8.77. The van der Waals surface area contributed by atoms with Gasteiger partial charge in [0.1, 0.15) is 17.3 Å². The molecule has 5 rings (SSSR count). The summed E-state index contributed by atoms with van der Waals surface area (Å²) in [7, 11) is 0.0158. The molecule has 34 heavy (non-hydrogen) atoms. The van der Waals surface area contributed by atoms with E-state index in [1.807, 2.05) is 6.07 Å². The molecule has 0 aliphatic heterocycles. The van der Waals surface area contributed by atoms with E-state index in [0.717, 1.165) is 47.7 Å². The van der Waals surface area contributed by atoms with Gasteiger partial charge in [0, 0.05) is 24.7 Å². The number of allylic oxidation sites excluding steroid dienone is 1. The third-order valence-corrected chi connectivity index (χ3v) is 13.3. The van der Waals surface area contributed by atoms with Crippen molar-refractivity contribution >= 4 is 14.1 Å². The molecule has 190 valence electrons. The number of benzene rings is 1. The van der Waals surface area contributed by atoms with Gasteiger partial charge < -0.3 is 18.6 Å². The second kappa shape index (κ2) is 10.3. The maximum Gasteiger partial charge on any atom is 0.191 e. The Labute approximate surface area is 208 Å². The van der Waals surface area contributed by atoms with Gasteiger partial charge in [-0.05, 0) is 98.5 Å².